The molecule has 1 N–H and O–H groups in total. The Balaban J connectivity index is 2.36. The maximum Gasteiger partial charge on any atom is 0.408 e. The number of fused-ring (bicyclic) bond motifs is 3. The second-order valence-corrected chi connectivity index (χ2v) is 5.53. The number of nitrogens with one attached hydrogen (secondary N) is 1. The minimum atomic E-state index is -4.40. The molecule has 3 rings (SSSR count). The van der Waals surface area contributed by atoms with Crippen molar-refractivity contribution in [2.45, 2.75) is 12.7 Å². The number of rotatable bonds is 1. The summed E-state index contributed by atoms with van der Waals surface area (Å²) in [5.74, 6) is 0. The van der Waals surface area contributed by atoms with Crippen molar-refractivity contribution >= 4 is 49.3 Å². The van der Waals surface area contributed by atoms with E-state index < -0.39 is 18.3 Å². The van der Waals surface area contributed by atoms with Crippen molar-refractivity contribution in [1.29, 1.82) is 0 Å². The van der Waals surface area contributed by atoms with Gasteiger partial charge in [-0.1, -0.05) is 0 Å². The lowest BCUT2D eigenvalue weighted by Gasteiger charge is -2.04. The Labute approximate surface area is 127 Å². The highest BCUT2D eigenvalue weighted by Gasteiger charge is 2.29. The van der Waals surface area contributed by atoms with Gasteiger partial charge in [0.15, 0.2) is 0 Å². The van der Waals surface area contributed by atoms with Gasteiger partial charge in [0, 0.05) is 16.1 Å². The third kappa shape index (κ3) is 2.62. The molecule has 0 fully saturated rings. The highest BCUT2D eigenvalue weighted by Crippen LogP contribution is 2.29. The number of nitrogens with zero attached hydrogens (tertiary/aromatic N) is 3. The summed E-state index contributed by atoms with van der Waals surface area (Å²) in [6.45, 7) is -1.24. The van der Waals surface area contributed by atoms with E-state index in [0.717, 1.165) is 4.68 Å². The van der Waals surface area contributed by atoms with Crippen molar-refractivity contribution in [1.82, 2.24) is 19.7 Å². The summed E-state index contributed by atoms with van der Waals surface area (Å²) in [5.41, 5.74) is -0.00915. The van der Waals surface area contributed by atoms with Crippen LogP contribution in [0.1, 0.15) is 0 Å². The van der Waals surface area contributed by atoms with Crippen molar-refractivity contribution in [2.75, 3.05) is 0 Å². The van der Waals surface area contributed by atoms with Crippen LogP contribution in [0.5, 0.6) is 0 Å². The minimum absolute atomic E-state index is 0.0959. The SMILES string of the molecule is O=c1[nH]c(Cl)nc2cc(Br)c3nn(CC(F)(F)F)cc3c12. The van der Waals surface area contributed by atoms with Gasteiger partial charge in [-0.15, -0.1) is 0 Å². The molecule has 1 aromatic carbocycles. The van der Waals surface area contributed by atoms with E-state index in [4.69, 9.17) is 11.6 Å². The quantitative estimate of drug-likeness (QED) is 0.658. The molecule has 0 spiro atoms. The average molecular weight is 382 g/mol. The average Bonchev–Trinajstić information content (AvgIpc) is 2.69. The summed E-state index contributed by atoms with van der Waals surface area (Å²) in [7, 11) is 0. The third-order valence-electron chi connectivity index (χ3n) is 2.78. The first kappa shape index (κ1) is 14.3. The summed E-state index contributed by atoms with van der Waals surface area (Å²) < 4.78 is 38.5. The van der Waals surface area contributed by atoms with E-state index in [1.54, 1.807) is 0 Å². The predicted octanol–water partition coefficient (Wildman–Crippen LogP) is 3.25. The molecule has 0 bridgehead atoms. The lowest BCUT2D eigenvalue weighted by atomic mass is 10.1. The van der Waals surface area contributed by atoms with E-state index in [2.05, 4.69) is 31.0 Å². The number of benzene rings is 1. The van der Waals surface area contributed by atoms with E-state index in [-0.39, 0.29) is 27.1 Å². The van der Waals surface area contributed by atoms with Gasteiger partial charge in [0.2, 0.25) is 5.28 Å². The van der Waals surface area contributed by atoms with E-state index >= 15 is 0 Å². The molecule has 0 unspecified atom stereocenters. The Kier molecular flexibility index (Phi) is 3.21. The standard InChI is InChI=1S/C11H5BrClF3N4O/c12-5-1-6-7(9(21)18-10(13)17-6)4-2-20(19-8(4)5)3-11(14,15)16/h1-2H,3H2,(H,17,18,21). The van der Waals surface area contributed by atoms with Crippen molar-refractivity contribution in [3.05, 3.63) is 32.4 Å². The van der Waals surface area contributed by atoms with E-state index in [1.807, 2.05) is 0 Å². The Morgan fingerprint density at radius 1 is 1.43 bits per heavy atom. The van der Waals surface area contributed by atoms with Gasteiger partial charge in [-0.25, -0.2) is 4.98 Å². The molecule has 0 amide bonds. The van der Waals surface area contributed by atoms with Crippen LogP contribution in [0.25, 0.3) is 21.8 Å². The molecule has 5 nitrogen and oxygen atoms in total. The van der Waals surface area contributed by atoms with E-state index in [0.29, 0.717) is 4.47 Å². The molecule has 0 saturated carbocycles. The van der Waals surface area contributed by atoms with Crippen LogP contribution in [-0.4, -0.2) is 25.9 Å². The molecule has 0 radical (unpaired) electrons. The van der Waals surface area contributed by atoms with Crippen LogP contribution in [-0.2, 0) is 6.54 Å². The Morgan fingerprint density at radius 2 is 2.14 bits per heavy atom. The number of halogens is 5. The third-order valence-corrected chi connectivity index (χ3v) is 3.56. The number of hydrogen-bond acceptors (Lipinski definition) is 3. The molecule has 3 aromatic rings. The van der Waals surface area contributed by atoms with Gasteiger partial charge >= 0.3 is 6.18 Å². The second-order valence-electron chi connectivity index (χ2n) is 4.31. The van der Waals surface area contributed by atoms with Gasteiger partial charge in [0.1, 0.15) is 12.1 Å². The van der Waals surface area contributed by atoms with Crippen molar-refractivity contribution in [3.63, 3.8) is 0 Å². The molecule has 110 valence electrons. The summed E-state index contributed by atoms with van der Waals surface area (Å²) in [5, 5.41) is 4.17. The summed E-state index contributed by atoms with van der Waals surface area (Å²) >= 11 is 8.88. The first-order chi connectivity index (χ1) is 9.74. The summed E-state index contributed by atoms with van der Waals surface area (Å²) in [6, 6.07) is 1.49. The van der Waals surface area contributed by atoms with Crippen LogP contribution < -0.4 is 5.56 Å². The molecule has 0 aliphatic heterocycles. The normalized spacial score (nSPS) is 12.4. The number of aromatic amines is 1. The zero-order valence-corrected chi connectivity index (χ0v) is 12.3. The van der Waals surface area contributed by atoms with Gasteiger partial charge in [-0.05, 0) is 33.6 Å². The van der Waals surface area contributed by atoms with Gasteiger partial charge in [-0.2, -0.15) is 18.3 Å². The maximum atomic E-state index is 12.4. The first-order valence-corrected chi connectivity index (χ1v) is 6.73. The van der Waals surface area contributed by atoms with E-state index in [9.17, 15) is 18.0 Å². The lowest BCUT2D eigenvalue weighted by molar-refractivity contribution is -0.142. The number of hydrogen-bond donors (Lipinski definition) is 1. The zero-order valence-electron chi connectivity index (χ0n) is 10.0. The fraction of sp³-hybridized carbons (Fsp3) is 0.182. The minimum Gasteiger partial charge on any atom is -0.297 e. The molecule has 0 atom stereocenters. The molecule has 0 aliphatic rings. The molecule has 10 heteroatoms. The van der Waals surface area contributed by atoms with Crippen LogP contribution >= 0.6 is 27.5 Å². The molecule has 21 heavy (non-hydrogen) atoms. The molecular weight excluding hydrogens is 376 g/mol. The maximum absolute atomic E-state index is 12.4. The van der Waals surface area contributed by atoms with Crippen LogP contribution in [0.4, 0.5) is 13.2 Å². The van der Waals surface area contributed by atoms with Gasteiger partial charge < -0.3 is 0 Å². The highest BCUT2D eigenvalue weighted by molar-refractivity contribution is 9.10. The van der Waals surface area contributed by atoms with Crippen molar-refractivity contribution in [2.24, 2.45) is 0 Å². The topological polar surface area (TPSA) is 63.6 Å². The van der Waals surface area contributed by atoms with Crippen LogP contribution in [0, 0.1) is 0 Å². The smallest absolute Gasteiger partial charge is 0.297 e. The molecule has 2 aromatic heterocycles. The van der Waals surface area contributed by atoms with E-state index in [1.165, 1.54) is 12.3 Å². The fourth-order valence-electron chi connectivity index (χ4n) is 2.06. The van der Waals surface area contributed by atoms with Crippen molar-refractivity contribution < 1.29 is 13.2 Å². The number of aromatic nitrogens is 4. The van der Waals surface area contributed by atoms with Crippen LogP contribution in [0.3, 0.4) is 0 Å². The lowest BCUT2D eigenvalue weighted by Crippen LogP contribution is -2.17. The Bertz CT molecular complexity index is 918. The molecule has 0 aliphatic carbocycles. The summed E-state index contributed by atoms with van der Waals surface area (Å²) in [4.78, 5) is 18.2. The van der Waals surface area contributed by atoms with Gasteiger partial charge in [-0.3, -0.25) is 14.5 Å². The summed E-state index contributed by atoms with van der Waals surface area (Å²) in [6.07, 6.45) is -3.24. The molecule has 2 heterocycles. The fourth-order valence-corrected chi connectivity index (χ4v) is 2.75. The largest absolute Gasteiger partial charge is 0.408 e. The Hall–Kier alpha value is -1.61. The van der Waals surface area contributed by atoms with Crippen molar-refractivity contribution in [3.8, 4) is 0 Å². The molecular formula is C11H5BrClF3N4O. The molecule has 0 saturated heterocycles. The monoisotopic (exact) mass is 380 g/mol. The first-order valence-electron chi connectivity index (χ1n) is 5.56. The zero-order chi connectivity index (χ0) is 15.4. The van der Waals surface area contributed by atoms with Gasteiger partial charge in [0.05, 0.1) is 10.9 Å². The van der Waals surface area contributed by atoms with Crippen LogP contribution in [0.2, 0.25) is 5.28 Å². The number of alkyl halides is 3. The Morgan fingerprint density at radius 3 is 2.81 bits per heavy atom. The van der Waals surface area contributed by atoms with Crippen LogP contribution in [0.15, 0.2) is 21.5 Å². The predicted molar refractivity (Wildman–Crippen MR) is 74.4 cm³/mol. The number of H-pyrrole nitrogens is 1. The second kappa shape index (κ2) is 4.70. The highest BCUT2D eigenvalue weighted by atomic mass is 79.9. The van der Waals surface area contributed by atoms with Gasteiger partial charge in [0.25, 0.3) is 5.56 Å².